The molecular weight excluding hydrogens is 376 g/mol. The standard InChI is InChI=1S/C17H18N2O5S2/c1-2-23-15(21)7-11-9-25-17(18-11)19-14(20)8-24-16(22)13-6-10-4-3-5-12(10)26-13/h6,9H,2-5,7-8H2,1H3,(H,18,19,20). The number of thiazole rings is 1. The van der Waals surface area contributed by atoms with E-state index in [1.165, 1.54) is 33.1 Å². The van der Waals surface area contributed by atoms with Crippen LogP contribution in [-0.2, 0) is 38.3 Å². The van der Waals surface area contributed by atoms with E-state index in [0.717, 1.165) is 19.3 Å². The zero-order chi connectivity index (χ0) is 18.5. The second-order valence-corrected chi connectivity index (χ2v) is 7.66. The number of esters is 2. The molecule has 0 fully saturated rings. The topological polar surface area (TPSA) is 94.6 Å². The molecule has 0 aliphatic heterocycles. The molecular formula is C17H18N2O5S2. The molecule has 0 spiro atoms. The fraction of sp³-hybridized carbons (Fsp3) is 0.412. The summed E-state index contributed by atoms with van der Waals surface area (Å²) >= 11 is 2.63. The lowest BCUT2D eigenvalue weighted by Crippen LogP contribution is -2.20. The van der Waals surface area contributed by atoms with Gasteiger partial charge in [0.25, 0.3) is 5.91 Å². The van der Waals surface area contributed by atoms with Crippen LogP contribution in [0, 0.1) is 0 Å². The van der Waals surface area contributed by atoms with Gasteiger partial charge in [-0.25, -0.2) is 9.78 Å². The van der Waals surface area contributed by atoms with Gasteiger partial charge in [-0.05, 0) is 37.8 Å². The van der Waals surface area contributed by atoms with Crippen LogP contribution in [0.4, 0.5) is 5.13 Å². The van der Waals surface area contributed by atoms with Gasteiger partial charge >= 0.3 is 11.9 Å². The van der Waals surface area contributed by atoms with Crippen LogP contribution in [-0.4, -0.2) is 36.0 Å². The quantitative estimate of drug-likeness (QED) is 0.726. The summed E-state index contributed by atoms with van der Waals surface area (Å²) in [4.78, 5) is 41.3. The van der Waals surface area contributed by atoms with Crippen molar-refractivity contribution >= 4 is 45.7 Å². The van der Waals surface area contributed by atoms with E-state index in [2.05, 4.69) is 10.3 Å². The molecule has 1 aliphatic carbocycles. The highest BCUT2D eigenvalue weighted by molar-refractivity contribution is 7.14. The summed E-state index contributed by atoms with van der Waals surface area (Å²) in [6, 6.07) is 1.86. The van der Waals surface area contributed by atoms with Gasteiger partial charge in [0.05, 0.1) is 18.7 Å². The average Bonchev–Trinajstić information content (AvgIpc) is 3.29. The molecule has 0 bridgehead atoms. The fourth-order valence-electron chi connectivity index (χ4n) is 2.59. The lowest BCUT2D eigenvalue weighted by atomic mass is 10.2. The minimum absolute atomic E-state index is 0.0538. The van der Waals surface area contributed by atoms with Gasteiger partial charge in [0, 0.05) is 10.3 Å². The number of thiophene rings is 1. The van der Waals surface area contributed by atoms with E-state index in [-0.39, 0.29) is 19.0 Å². The highest BCUT2D eigenvalue weighted by Crippen LogP contribution is 2.30. The number of rotatable bonds is 7. The molecule has 9 heteroatoms. The first-order valence-corrected chi connectivity index (χ1v) is 9.93. The van der Waals surface area contributed by atoms with Crippen molar-refractivity contribution in [1.29, 1.82) is 0 Å². The highest BCUT2D eigenvalue weighted by Gasteiger charge is 2.20. The minimum atomic E-state index is -0.485. The first kappa shape index (κ1) is 18.5. The molecule has 2 aromatic heterocycles. The zero-order valence-electron chi connectivity index (χ0n) is 14.2. The molecule has 0 unspecified atom stereocenters. The Bertz CT molecular complexity index is 805. The molecule has 0 atom stereocenters. The van der Waals surface area contributed by atoms with E-state index in [4.69, 9.17) is 9.47 Å². The van der Waals surface area contributed by atoms with E-state index in [9.17, 15) is 14.4 Å². The third-order valence-electron chi connectivity index (χ3n) is 3.71. The van der Waals surface area contributed by atoms with Gasteiger partial charge < -0.3 is 9.47 Å². The molecule has 0 radical (unpaired) electrons. The van der Waals surface area contributed by atoms with Crippen molar-refractivity contribution in [2.24, 2.45) is 0 Å². The van der Waals surface area contributed by atoms with Gasteiger partial charge in [0.1, 0.15) is 4.88 Å². The molecule has 26 heavy (non-hydrogen) atoms. The molecule has 1 aliphatic rings. The van der Waals surface area contributed by atoms with Crippen LogP contribution in [0.3, 0.4) is 0 Å². The van der Waals surface area contributed by atoms with E-state index in [0.29, 0.717) is 22.3 Å². The van der Waals surface area contributed by atoms with Gasteiger partial charge in [0.15, 0.2) is 11.7 Å². The fourth-order valence-corrected chi connectivity index (χ4v) is 4.47. The largest absolute Gasteiger partial charge is 0.466 e. The van der Waals surface area contributed by atoms with Crippen molar-refractivity contribution in [3.8, 4) is 0 Å². The van der Waals surface area contributed by atoms with E-state index in [1.807, 2.05) is 6.07 Å². The zero-order valence-corrected chi connectivity index (χ0v) is 15.8. The van der Waals surface area contributed by atoms with Crippen LogP contribution < -0.4 is 5.32 Å². The predicted octanol–water partition coefficient (Wildman–Crippen LogP) is 2.59. The molecule has 0 saturated heterocycles. The molecule has 138 valence electrons. The van der Waals surface area contributed by atoms with E-state index < -0.39 is 11.9 Å². The van der Waals surface area contributed by atoms with Gasteiger partial charge in [-0.15, -0.1) is 22.7 Å². The summed E-state index contributed by atoms with van der Waals surface area (Å²) in [6.07, 6.45) is 3.19. The maximum Gasteiger partial charge on any atom is 0.348 e. The number of anilines is 1. The van der Waals surface area contributed by atoms with Crippen LogP contribution in [0.2, 0.25) is 0 Å². The number of aromatic nitrogens is 1. The number of carbonyl (C=O) groups excluding carboxylic acids is 3. The Morgan fingerprint density at radius 3 is 2.88 bits per heavy atom. The number of fused-ring (bicyclic) bond motifs is 1. The number of nitrogens with zero attached hydrogens (tertiary/aromatic N) is 1. The van der Waals surface area contributed by atoms with E-state index >= 15 is 0 Å². The number of carbonyl (C=O) groups is 3. The molecule has 2 aromatic rings. The Hall–Kier alpha value is -2.26. The number of hydrogen-bond acceptors (Lipinski definition) is 8. The van der Waals surface area contributed by atoms with Crippen molar-refractivity contribution in [1.82, 2.24) is 4.98 Å². The van der Waals surface area contributed by atoms with Crippen molar-refractivity contribution in [3.63, 3.8) is 0 Å². The molecule has 3 rings (SSSR count). The second-order valence-electron chi connectivity index (χ2n) is 5.66. The smallest absolute Gasteiger partial charge is 0.348 e. The van der Waals surface area contributed by atoms with Crippen LogP contribution in [0.25, 0.3) is 0 Å². The number of ether oxygens (including phenoxy) is 2. The summed E-state index contributed by atoms with van der Waals surface area (Å²) < 4.78 is 9.91. The Kier molecular flexibility index (Phi) is 6.00. The third kappa shape index (κ3) is 4.67. The van der Waals surface area contributed by atoms with E-state index in [1.54, 1.807) is 12.3 Å². The van der Waals surface area contributed by atoms with Gasteiger partial charge in [-0.2, -0.15) is 0 Å². The third-order valence-corrected chi connectivity index (χ3v) is 5.73. The highest BCUT2D eigenvalue weighted by atomic mass is 32.1. The maximum absolute atomic E-state index is 12.0. The maximum atomic E-state index is 12.0. The lowest BCUT2D eigenvalue weighted by molar-refractivity contribution is -0.142. The van der Waals surface area contributed by atoms with Crippen molar-refractivity contribution in [2.45, 2.75) is 32.6 Å². The Morgan fingerprint density at radius 1 is 1.27 bits per heavy atom. The van der Waals surface area contributed by atoms with Crippen LogP contribution >= 0.6 is 22.7 Å². The van der Waals surface area contributed by atoms with Crippen LogP contribution in [0.15, 0.2) is 11.4 Å². The van der Waals surface area contributed by atoms with Gasteiger partial charge in [-0.3, -0.25) is 14.9 Å². The summed E-state index contributed by atoms with van der Waals surface area (Å²) in [5.41, 5.74) is 1.73. The molecule has 1 N–H and O–H groups in total. The molecule has 1 amide bonds. The molecule has 7 nitrogen and oxygen atoms in total. The molecule has 0 saturated carbocycles. The summed E-state index contributed by atoms with van der Waals surface area (Å²) in [5, 5.41) is 4.58. The van der Waals surface area contributed by atoms with Crippen LogP contribution in [0.5, 0.6) is 0 Å². The Balaban J connectivity index is 1.45. The number of nitrogens with one attached hydrogen (secondary N) is 1. The van der Waals surface area contributed by atoms with Gasteiger partial charge in [-0.1, -0.05) is 0 Å². The predicted molar refractivity (Wildman–Crippen MR) is 97.7 cm³/mol. The lowest BCUT2D eigenvalue weighted by Gasteiger charge is -2.03. The van der Waals surface area contributed by atoms with Gasteiger partial charge in [0.2, 0.25) is 0 Å². The number of hydrogen-bond donors (Lipinski definition) is 1. The molecule has 2 heterocycles. The summed E-state index contributed by atoms with van der Waals surface area (Å²) in [7, 11) is 0. The van der Waals surface area contributed by atoms with Crippen molar-refractivity contribution < 1.29 is 23.9 Å². The number of aryl methyl sites for hydroxylation is 2. The van der Waals surface area contributed by atoms with Crippen molar-refractivity contribution in [2.75, 3.05) is 18.5 Å². The first-order chi connectivity index (χ1) is 12.5. The minimum Gasteiger partial charge on any atom is -0.466 e. The molecule has 0 aromatic carbocycles. The average molecular weight is 394 g/mol. The van der Waals surface area contributed by atoms with Crippen LogP contribution in [0.1, 0.15) is 39.2 Å². The van der Waals surface area contributed by atoms with Crippen molar-refractivity contribution in [3.05, 3.63) is 32.5 Å². The Labute approximate surface area is 158 Å². The first-order valence-electron chi connectivity index (χ1n) is 8.23. The monoisotopic (exact) mass is 394 g/mol. The normalized spacial score (nSPS) is 12.5. The summed E-state index contributed by atoms with van der Waals surface area (Å²) in [6.45, 7) is 1.66. The Morgan fingerprint density at radius 2 is 2.12 bits per heavy atom. The second kappa shape index (κ2) is 8.41. The SMILES string of the molecule is CCOC(=O)Cc1csc(NC(=O)COC(=O)c2cc3c(s2)CCC3)n1. The number of amides is 1. The summed E-state index contributed by atoms with van der Waals surface area (Å²) in [5.74, 6) is -1.33.